The second kappa shape index (κ2) is 9.69. The minimum absolute atomic E-state index is 0.102. The number of carbonyl (C=O) groups excluding carboxylic acids is 1. The van der Waals surface area contributed by atoms with Crippen molar-refractivity contribution in [2.24, 2.45) is 12.5 Å². The van der Waals surface area contributed by atoms with Crippen LogP contribution in [0.3, 0.4) is 0 Å². The first-order valence-corrected chi connectivity index (χ1v) is 14.6. The zero-order valence-electron chi connectivity index (χ0n) is 24.5. The summed E-state index contributed by atoms with van der Waals surface area (Å²) in [5, 5.41) is 7.74. The Labute approximate surface area is 243 Å². The number of amides is 1. The van der Waals surface area contributed by atoms with Crippen molar-refractivity contribution in [3.63, 3.8) is 0 Å². The van der Waals surface area contributed by atoms with Gasteiger partial charge < -0.3 is 24.1 Å². The van der Waals surface area contributed by atoms with E-state index in [0.29, 0.717) is 73.3 Å². The quantitative estimate of drug-likeness (QED) is 0.372. The van der Waals surface area contributed by atoms with Gasteiger partial charge in [0.25, 0.3) is 11.5 Å². The van der Waals surface area contributed by atoms with Crippen molar-refractivity contribution in [2.45, 2.75) is 59.7 Å². The molecule has 10 heteroatoms. The number of nitrogens with zero attached hydrogens (tertiary/aromatic N) is 5. The summed E-state index contributed by atoms with van der Waals surface area (Å²) in [5.74, 6) is 0.0215. The minimum atomic E-state index is -0.430. The van der Waals surface area contributed by atoms with Gasteiger partial charge in [-0.15, -0.1) is 0 Å². The maximum absolute atomic E-state index is 15.3. The molecule has 0 atom stereocenters. The van der Waals surface area contributed by atoms with Crippen molar-refractivity contribution in [3.8, 4) is 11.1 Å². The van der Waals surface area contributed by atoms with E-state index in [1.807, 2.05) is 23.7 Å². The van der Waals surface area contributed by atoms with E-state index < -0.39 is 5.82 Å². The molecule has 0 bridgehead atoms. The lowest BCUT2D eigenvalue weighted by atomic mass is 9.90. The molecular weight excluding hydrogens is 535 g/mol. The molecule has 3 aromatic heterocycles. The van der Waals surface area contributed by atoms with E-state index >= 15 is 4.39 Å². The van der Waals surface area contributed by atoms with Gasteiger partial charge in [0.1, 0.15) is 17.2 Å². The predicted molar refractivity (Wildman–Crippen MR) is 159 cm³/mol. The summed E-state index contributed by atoms with van der Waals surface area (Å²) in [5.41, 5.74) is 7.21. The minimum Gasteiger partial charge on any atom is -0.373 e. The van der Waals surface area contributed by atoms with Gasteiger partial charge >= 0.3 is 0 Å². The van der Waals surface area contributed by atoms with Gasteiger partial charge in [0.15, 0.2) is 5.82 Å². The highest BCUT2D eigenvalue weighted by molar-refractivity contribution is 6.07. The smallest absolute Gasteiger partial charge is 0.274 e. The summed E-state index contributed by atoms with van der Waals surface area (Å²) in [4.78, 5) is 28.7. The number of fused-ring (bicyclic) bond motifs is 4. The summed E-state index contributed by atoms with van der Waals surface area (Å²) in [7, 11) is 1.68. The lowest BCUT2D eigenvalue weighted by Crippen LogP contribution is -2.41. The topological polar surface area (TPSA) is 86.3 Å². The number of aryl methyl sites for hydroxylation is 1. The normalized spacial score (nSPS) is 17.3. The van der Waals surface area contributed by atoms with Crippen LogP contribution in [-0.2, 0) is 50.7 Å². The van der Waals surface area contributed by atoms with Crippen LogP contribution >= 0.6 is 0 Å². The number of benzene rings is 1. The van der Waals surface area contributed by atoms with Crippen LogP contribution in [0.5, 0.6) is 0 Å². The van der Waals surface area contributed by atoms with Crippen molar-refractivity contribution in [3.05, 3.63) is 80.9 Å². The highest BCUT2D eigenvalue weighted by atomic mass is 19.1. The van der Waals surface area contributed by atoms with Gasteiger partial charge in [0.05, 0.1) is 31.1 Å². The van der Waals surface area contributed by atoms with Crippen molar-refractivity contribution < 1.29 is 13.9 Å². The van der Waals surface area contributed by atoms with Gasteiger partial charge in [0, 0.05) is 43.7 Å². The molecule has 4 aromatic rings. The van der Waals surface area contributed by atoms with Crippen LogP contribution in [-0.4, -0.2) is 38.0 Å². The van der Waals surface area contributed by atoms with E-state index in [2.05, 4.69) is 28.8 Å². The molecule has 7 rings (SSSR count). The summed E-state index contributed by atoms with van der Waals surface area (Å²) >= 11 is 0. The van der Waals surface area contributed by atoms with Crippen LogP contribution in [0, 0.1) is 11.2 Å². The third-order valence-corrected chi connectivity index (χ3v) is 8.78. The first kappa shape index (κ1) is 26.7. The summed E-state index contributed by atoms with van der Waals surface area (Å²) in [6, 6.07) is 8.61. The Morgan fingerprint density at radius 3 is 2.69 bits per heavy atom. The van der Waals surface area contributed by atoms with E-state index in [4.69, 9.17) is 4.74 Å². The maximum atomic E-state index is 15.3. The molecule has 5 heterocycles. The number of ether oxygens (including phenoxy) is 1. The number of hydrogen-bond acceptors (Lipinski definition) is 5. The number of halogens is 1. The Morgan fingerprint density at radius 1 is 1.07 bits per heavy atom. The number of aromatic nitrogens is 4. The molecule has 1 amide bonds. The van der Waals surface area contributed by atoms with Crippen molar-refractivity contribution in [2.75, 3.05) is 23.4 Å². The van der Waals surface area contributed by atoms with E-state index in [1.165, 1.54) is 28.0 Å². The van der Waals surface area contributed by atoms with E-state index in [0.717, 1.165) is 24.1 Å². The Kier molecular flexibility index (Phi) is 6.16. The third-order valence-electron chi connectivity index (χ3n) is 8.78. The van der Waals surface area contributed by atoms with Crippen molar-refractivity contribution >= 4 is 23.1 Å². The zero-order valence-corrected chi connectivity index (χ0v) is 24.5. The first-order valence-electron chi connectivity index (χ1n) is 14.6. The fraction of sp³-hybridized carbons (Fsp3) is 0.406. The number of carbonyl (C=O) groups is 1. The molecule has 1 N–H and O–H groups in total. The molecule has 2 aliphatic heterocycles. The molecule has 0 saturated carbocycles. The monoisotopic (exact) mass is 570 g/mol. The van der Waals surface area contributed by atoms with Gasteiger partial charge in [-0.3, -0.25) is 14.3 Å². The Bertz CT molecular complexity index is 1790. The molecule has 0 unspecified atom stereocenters. The van der Waals surface area contributed by atoms with Crippen LogP contribution in [0.1, 0.15) is 53.8 Å². The SMILES string of the molecule is CCc1c(-c2cc(Nc3cc4n(n3)CCOC4)c(=O)n(C)c2)cc(F)cc1N1CCn2c(cc3c2CC(C)(C)C3)C1=O. The predicted octanol–water partition coefficient (Wildman–Crippen LogP) is 4.81. The lowest BCUT2D eigenvalue weighted by molar-refractivity contribution is 0.0801. The average molecular weight is 571 g/mol. The van der Waals surface area contributed by atoms with Gasteiger partial charge in [-0.1, -0.05) is 20.8 Å². The highest BCUT2D eigenvalue weighted by Crippen LogP contribution is 2.41. The Morgan fingerprint density at radius 2 is 1.90 bits per heavy atom. The number of anilines is 3. The molecule has 0 saturated heterocycles. The van der Waals surface area contributed by atoms with Crippen molar-refractivity contribution in [1.82, 2.24) is 18.9 Å². The number of hydrogen-bond donors (Lipinski definition) is 1. The lowest BCUT2D eigenvalue weighted by Gasteiger charge is -2.32. The Balaban J connectivity index is 1.26. The third kappa shape index (κ3) is 4.36. The number of pyridine rings is 1. The van der Waals surface area contributed by atoms with E-state index in [1.54, 1.807) is 24.2 Å². The molecule has 42 heavy (non-hydrogen) atoms. The van der Waals surface area contributed by atoms with Gasteiger partial charge in [-0.2, -0.15) is 5.10 Å². The average Bonchev–Trinajstić information content (AvgIpc) is 3.60. The van der Waals surface area contributed by atoms with Gasteiger partial charge in [-0.25, -0.2) is 4.39 Å². The zero-order chi connectivity index (χ0) is 29.3. The molecule has 1 aromatic carbocycles. The Hall–Kier alpha value is -4.18. The largest absolute Gasteiger partial charge is 0.373 e. The fourth-order valence-electron chi connectivity index (χ4n) is 6.87. The second-order valence-electron chi connectivity index (χ2n) is 12.4. The molecule has 9 nitrogen and oxygen atoms in total. The summed E-state index contributed by atoms with van der Waals surface area (Å²) in [6.45, 7) is 9.40. The molecule has 0 fully saturated rings. The molecule has 1 aliphatic carbocycles. The molecule has 0 radical (unpaired) electrons. The van der Waals surface area contributed by atoms with Crippen LogP contribution in [0.15, 0.2) is 41.3 Å². The first-order chi connectivity index (χ1) is 20.1. The molecule has 3 aliphatic rings. The molecule has 0 spiro atoms. The van der Waals surface area contributed by atoms with Crippen LogP contribution in [0.4, 0.5) is 21.6 Å². The van der Waals surface area contributed by atoms with Crippen LogP contribution in [0.25, 0.3) is 11.1 Å². The van der Waals surface area contributed by atoms with Crippen LogP contribution < -0.4 is 15.8 Å². The highest BCUT2D eigenvalue weighted by Gasteiger charge is 2.37. The van der Waals surface area contributed by atoms with Crippen molar-refractivity contribution in [1.29, 1.82) is 0 Å². The standard InChI is InChI=1S/C32H35FN6O3/c1-5-23-24(20-10-25(30(40)36(4)17-20)34-29-14-22-18-42-9-8-39(22)35-29)12-21(33)13-26(23)38-7-6-37-27(31(38)41)11-19-15-32(2,3)16-28(19)37/h10-14,17H,5-9,15-16,18H2,1-4H3,(H,34,35). The maximum Gasteiger partial charge on any atom is 0.274 e. The molecular formula is C32H35FN6O3. The van der Waals surface area contributed by atoms with E-state index in [9.17, 15) is 9.59 Å². The van der Waals surface area contributed by atoms with Gasteiger partial charge in [0.2, 0.25) is 0 Å². The number of rotatable bonds is 5. The summed E-state index contributed by atoms with van der Waals surface area (Å²) < 4.78 is 26.4. The fourth-order valence-corrected chi connectivity index (χ4v) is 6.87. The summed E-state index contributed by atoms with van der Waals surface area (Å²) in [6.07, 6.45) is 4.21. The second-order valence-corrected chi connectivity index (χ2v) is 12.4. The van der Waals surface area contributed by atoms with Crippen LogP contribution in [0.2, 0.25) is 0 Å². The number of nitrogens with one attached hydrogen (secondary N) is 1. The molecule has 218 valence electrons. The van der Waals surface area contributed by atoms with Gasteiger partial charge in [-0.05, 0) is 65.6 Å². The van der Waals surface area contributed by atoms with E-state index in [-0.39, 0.29) is 16.9 Å².